The van der Waals surface area contributed by atoms with Crippen molar-refractivity contribution in [2.45, 2.75) is 0 Å². The molecule has 0 radical (unpaired) electrons. The van der Waals surface area contributed by atoms with Crippen LogP contribution in [-0.2, 0) is 9.59 Å². The third kappa shape index (κ3) is 5.41. The smallest absolute Gasteiger partial charge is 0.246 e. The summed E-state index contributed by atoms with van der Waals surface area (Å²) in [7, 11) is 0. The molecule has 144 valence electrons. The van der Waals surface area contributed by atoms with Crippen LogP contribution in [-0.4, -0.2) is 54.5 Å². The molecule has 0 atom stereocenters. The second-order valence-corrected chi connectivity index (χ2v) is 6.61. The molecule has 1 amide bonds. The Hall–Kier alpha value is -3.18. The Morgan fingerprint density at radius 1 is 0.821 bits per heavy atom. The van der Waals surface area contributed by atoms with Crippen molar-refractivity contribution in [1.82, 2.24) is 4.90 Å². The van der Waals surface area contributed by atoms with Gasteiger partial charge >= 0.3 is 0 Å². The summed E-state index contributed by atoms with van der Waals surface area (Å²) in [5.41, 5.74) is 2.98. The van der Waals surface area contributed by atoms with Gasteiger partial charge in [0.15, 0.2) is 5.78 Å². The van der Waals surface area contributed by atoms with Gasteiger partial charge in [0.2, 0.25) is 5.91 Å². The molecule has 1 fully saturated rings. The molecule has 2 aromatic carbocycles. The number of rotatable bonds is 6. The fraction of sp³-hybridized carbons (Fsp3) is 0.217. The molecule has 0 bridgehead atoms. The molecule has 1 saturated heterocycles. The number of nitrogens with zero attached hydrogens (tertiary/aromatic N) is 2. The van der Waals surface area contributed by atoms with Gasteiger partial charge in [0.1, 0.15) is 6.61 Å². The molecule has 28 heavy (non-hydrogen) atoms. The lowest BCUT2D eigenvalue weighted by molar-refractivity contribution is -0.126. The first-order valence-electron chi connectivity index (χ1n) is 9.34. The number of para-hydroxylation sites is 1. The number of ketones is 1. The number of hydrogen-bond donors (Lipinski definition) is 1. The van der Waals surface area contributed by atoms with Crippen molar-refractivity contribution in [3.63, 3.8) is 0 Å². The van der Waals surface area contributed by atoms with Crippen molar-refractivity contribution in [3.8, 4) is 0 Å². The molecular weight excluding hydrogens is 352 g/mol. The van der Waals surface area contributed by atoms with Crippen LogP contribution in [0.5, 0.6) is 0 Å². The minimum absolute atomic E-state index is 0.0187. The number of amides is 1. The van der Waals surface area contributed by atoms with Gasteiger partial charge in [0, 0.05) is 37.9 Å². The molecule has 1 heterocycles. The lowest BCUT2D eigenvalue weighted by Crippen LogP contribution is -2.48. The highest BCUT2D eigenvalue weighted by atomic mass is 16.3. The lowest BCUT2D eigenvalue weighted by atomic mass is 10.1. The van der Waals surface area contributed by atoms with Crippen LogP contribution in [0.25, 0.3) is 12.2 Å². The molecule has 0 aromatic heterocycles. The van der Waals surface area contributed by atoms with Gasteiger partial charge in [-0.3, -0.25) is 9.59 Å². The van der Waals surface area contributed by atoms with E-state index in [4.69, 9.17) is 5.11 Å². The monoisotopic (exact) mass is 376 g/mol. The van der Waals surface area contributed by atoms with E-state index in [9.17, 15) is 9.59 Å². The molecule has 0 saturated carbocycles. The zero-order valence-corrected chi connectivity index (χ0v) is 15.7. The Morgan fingerprint density at radius 2 is 1.39 bits per heavy atom. The predicted molar refractivity (Wildman–Crippen MR) is 112 cm³/mol. The number of aliphatic hydroxyl groups excluding tert-OH is 1. The normalized spacial score (nSPS) is 14.8. The summed E-state index contributed by atoms with van der Waals surface area (Å²) in [6, 6.07) is 17.8. The maximum Gasteiger partial charge on any atom is 0.246 e. The summed E-state index contributed by atoms with van der Waals surface area (Å²) < 4.78 is 0. The van der Waals surface area contributed by atoms with Gasteiger partial charge < -0.3 is 14.9 Å². The molecule has 0 unspecified atom stereocenters. The van der Waals surface area contributed by atoms with Crippen LogP contribution in [0.1, 0.15) is 11.1 Å². The molecule has 0 aliphatic carbocycles. The summed E-state index contributed by atoms with van der Waals surface area (Å²) >= 11 is 0. The SMILES string of the molecule is O=C(/C=C/c1ccc(/C=C/C(=O)N2CCN(c3ccccc3)CC2)cc1)CO. The molecular formula is C23H24N2O3. The lowest BCUT2D eigenvalue weighted by Gasteiger charge is -2.35. The van der Waals surface area contributed by atoms with Crippen molar-refractivity contribution in [3.05, 3.63) is 77.9 Å². The Morgan fingerprint density at radius 3 is 1.96 bits per heavy atom. The van der Waals surface area contributed by atoms with E-state index >= 15 is 0 Å². The number of carbonyl (C=O) groups is 2. The van der Waals surface area contributed by atoms with E-state index in [1.807, 2.05) is 47.4 Å². The zero-order chi connectivity index (χ0) is 19.8. The Balaban J connectivity index is 1.51. The van der Waals surface area contributed by atoms with Crippen molar-refractivity contribution in [2.75, 3.05) is 37.7 Å². The zero-order valence-electron chi connectivity index (χ0n) is 15.7. The molecule has 1 aliphatic heterocycles. The topological polar surface area (TPSA) is 60.9 Å². The second-order valence-electron chi connectivity index (χ2n) is 6.61. The Labute approximate surface area is 165 Å². The first-order valence-corrected chi connectivity index (χ1v) is 9.34. The van der Waals surface area contributed by atoms with E-state index in [0.717, 1.165) is 24.2 Å². The van der Waals surface area contributed by atoms with Gasteiger partial charge in [0.05, 0.1) is 0 Å². The van der Waals surface area contributed by atoms with Gasteiger partial charge in [0.25, 0.3) is 0 Å². The largest absolute Gasteiger partial charge is 0.388 e. The predicted octanol–water partition coefficient (Wildman–Crippen LogP) is 2.62. The standard InChI is InChI=1S/C23H24N2O3/c26-18-22(27)12-10-19-6-8-20(9-7-19)11-13-23(28)25-16-14-24(15-17-25)21-4-2-1-3-5-21/h1-13,26H,14-18H2/b12-10+,13-11+. The summed E-state index contributed by atoms with van der Waals surface area (Å²) in [5.74, 6) is -0.313. The molecule has 1 aliphatic rings. The third-order valence-electron chi connectivity index (χ3n) is 4.69. The quantitative estimate of drug-likeness (QED) is 0.788. The number of piperazine rings is 1. The van der Waals surface area contributed by atoms with Crippen molar-refractivity contribution in [1.29, 1.82) is 0 Å². The van der Waals surface area contributed by atoms with Crippen molar-refractivity contribution >= 4 is 29.5 Å². The summed E-state index contributed by atoms with van der Waals surface area (Å²) in [4.78, 5) is 27.7. The first-order chi connectivity index (χ1) is 13.7. The van der Waals surface area contributed by atoms with Crippen LogP contribution in [0.15, 0.2) is 66.7 Å². The summed E-state index contributed by atoms with van der Waals surface area (Å²) in [6.07, 6.45) is 6.42. The third-order valence-corrected chi connectivity index (χ3v) is 4.69. The highest BCUT2D eigenvalue weighted by Gasteiger charge is 2.19. The van der Waals surface area contributed by atoms with E-state index in [1.165, 1.54) is 11.8 Å². The Bertz CT molecular complexity index is 849. The number of anilines is 1. The van der Waals surface area contributed by atoms with Crippen molar-refractivity contribution in [2.24, 2.45) is 0 Å². The van der Waals surface area contributed by atoms with Gasteiger partial charge in [-0.05, 0) is 35.4 Å². The van der Waals surface area contributed by atoms with Crippen LogP contribution in [0.3, 0.4) is 0 Å². The number of benzene rings is 2. The van der Waals surface area contributed by atoms with E-state index in [0.29, 0.717) is 13.1 Å². The molecule has 2 aromatic rings. The van der Waals surface area contributed by atoms with E-state index in [-0.39, 0.29) is 11.7 Å². The van der Waals surface area contributed by atoms with Crippen LogP contribution < -0.4 is 4.90 Å². The fourth-order valence-electron chi connectivity index (χ4n) is 3.06. The molecule has 1 N–H and O–H groups in total. The number of carbonyl (C=O) groups excluding carboxylic acids is 2. The molecule has 3 rings (SSSR count). The van der Waals surface area contributed by atoms with E-state index in [2.05, 4.69) is 17.0 Å². The average molecular weight is 376 g/mol. The summed E-state index contributed by atoms with van der Waals surface area (Å²) in [6.45, 7) is 2.59. The van der Waals surface area contributed by atoms with Crippen LogP contribution >= 0.6 is 0 Å². The summed E-state index contributed by atoms with van der Waals surface area (Å²) in [5, 5.41) is 8.71. The minimum Gasteiger partial charge on any atom is -0.388 e. The van der Waals surface area contributed by atoms with Crippen LogP contribution in [0.4, 0.5) is 5.69 Å². The average Bonchev–Trinajstić information content (AvgIpc) is 2.77. The van der Waals surface area contributed by atoms with Crippen LogP contribution in [0.2, 0.25) is 0 Å². The molecule has 5 heteroatoms. The fourth-order valence-corrected chi connectivity index (χ4v) is 3.06. The van der Waals surface area contributed by atoms with Gasteiger partial charge in [-0.15, -0.1) is 0 Å². The molecule has 0 spiro atoms. The number of aliphatic hydroxyl groups is 1. The minimum atomic E-state index is -0.487. The van der Waals surface area contributed by atoms with E-state index < -0.39 is 6.61 Å². The van der Waals surface area contributed by atoms with Gasteiger partial charge in [-0.2, -0.15) is 0 Å². The van der Waals surface area contributed by atoms with Gasteiger partial charge in [-0.25, -0.2) is 0 Å². The number of hydrogen-bond acceptors (Lipinski definition) is 4. The maximum absolute atomic E-state index is 12.4. The second kappa shape index (κ2) is 9.67. The molecule has 5 nitrogen and oxygen atoms in total. The highest BCUT2D eigenvalue weighted by molar-refractivity contribution is 5.94. The van der Waals surface area contributed by atoms with Gasteiger partial charge in [-0.1, -0.05) is 48.5 Å². The highest BCUT2D eigenvalue weighted by Crippen LogP contribution is 2.16. The van der Waals surface area contributed by atoms with E-state index in [1.54, 1.807) is 18.2 Å². The Kier molecular flexibility index (Phi) is 6.76. The maximum atomic E-state index is 12.4. The van der Waals surface area contributed by atoms with Crippen molar-refractivity contribution < 1.29 is 14.7 Å². The first kappa shape index (κ1) is 19.6. The van der Waals surface area contributed by atoms with Crippen LogP contribution in [0, 0.1) is 0 Å².